The molecule has 0 saturated heterocycles. The second-order valence-corrected chi connectivity index (χ2v) is 6.78. The van der Waals surface area contributed by atoms with Gasteiger partial charge in [0.25, 0.3) is 0 Å². The van der Waals surface area contributed by atoms with Gasteiger partial charge in [0.05, 0.1) is 7.11 Å². The predicted octanol–water partition coefficient (Wildman–Crippen LogP) is 4.09. The SMILES string of the molecule is COc1ccc(C(=O)CCCC(=O)N(C)CC2CCCCC2)cc1. The highest BCUT2D eigenvalue weighted by atomic mass is 16.5. The van der Waals surface area contributed by atoms with Gasteiger partial charge in [0, 0.05) is 32.0 Å². The fourth-order valence-electron chi connectivity index (χ4n) is 3.37. The zero-order chi connectivity index (χ0) is 17.4. The van der Waals surface area contributed by atoms with Crippen molar-refractivity contribution in [3.8, 4) is 5.75 Å². The molecule has 0 bridgehead atoms. The van der Waals surface area contributed by atoms with Gasteiger partial charge in [-0.1, -0.05) is 19.3 Å². The maximum absolute atomic E-state index is 12.2. The summed E-state index contributed by atoms with van der Waals surface area (Å²) in [6.45, 7) is 0.866. The number of Topliss-reactive ketones (excluding diaryl/α,β-unsaturated/α-hetero) is 1. The largest absolute Gasteiger partial charge is 0.497 e. The van der Waals surface area contributed by atoms with Gasteiger partial charge in [-0.2, -0.15) is 0 Å². The number of nitrogens with zero attached hydrogens (tertiary/aromatic N) is 1. The van der Waals surface area contributed by atoms with Crippen LogP contribution in [0.2, 0.25) is 0 Å². The predicted molar refractivity (Wildman–Crippen MR) is 95.4 cm³/mol. The Hall–Kier alpha value is -1.84. The molecular formula is C20H29NO3. The minimum absolute atomic E-state index is 0.0837. The first-order valence-electron chi connectivity index (χ1n) is 9.01. The van der Waals surface area contributed by atoms with E-state index in [0.717, 1.165) is 12.3 Å². The molecule has 1 saturated carbocycles. The van der Waals surface area contributed by atoms with Crippen LogP contribution in [0.5, 0.6) is 5.75 Å². The van der Waals surface area contributed by atoms with Crippen molar-refractivity contribution in [2.45, 2.75) is 51.4 Å². The third-order valence-electron chi connectivity index (χ3n) is 4.89. The first-order chi connectivity index (χ1) is 11.6. The number of ether oxygens (including phenoxy) is 1. The van der Waals surface area contributed by atoms with Crippen LogP contribution in [-0.4, -0.2) is 37.3 Å². The van der Waals surface area contributed by atoms with Gasteiger partial charge in [-0.05, 0) is 49.4 Å². The topological polar surface area (TPSA) is 46.6 Å². The van der Waals surface area contributed by atoms with Crippen LogP contribution in [0.15, 0.2) is 24.3 Å². The van der Waals surface area contributed by atoms with E-state index in [0.29, 0.717) is 30.7 Å². The molecule has 132 valence electrons. The van der Waals surface area contributed by atoms with Crippen molar-refractivity contribution >= 4 is 11.7 Å². The van der Waals surface area contributed by atoms with Crippen LogP contribution in [0.3, 0.4) is 0 Å². The molecule has 0 radical (unpaired) electrons. The van der Waals surface area contributed by atoms with Gasteiger partial charge in [0.2, 0.25) is 5.91 Å². The van der Waals surface area contributed by atoms with E-state index in [-0.39, 0.29) is 11.7 Å². The Labute approximate surface area is 145 Å². The molecule has 1 aliphatic carbocycles. The summed E-state index contributed by atoms with van der Waals surface area (Å²) < 4.78 is 5.09. The zero-order valence-electron chi connectivity index (χ0n) is 14.9. The lowest BCUT2D eigenvalue weighted by Gasteiger charge is -2.27. The summed E-state index contributed by atoms with van der Waals surface area (Å²) in [4.78, 5) is 26.2. The van der Waals surface area contributed by atoms with E-state index in [2.05, 4.69) is 0 Å². The van der Waals surface area contributed by atoms with Gasteiger partial charge in [-0.15, -0.1) is 0 Å². The molecule has 0 unspecified atom stereocenters. The van der Waals surface area contributed by atoms with Gasteiger partial charge >= 0.3 is 0 Å². The van der Waals surface area contributed by atoms with Gasteiger partial charge in [0.1, 0.15) is 5.75 Å². The number of ketones is 1. The van der Waals surface area contributed by atoms with Crippen LogP contribution in [0.1, 0.15) is 61.7 Å². The smallest absolute Gasteiger partial charge is 0.222 e. The van der Waals surface area contributed by atoms with Gasteiger partial charge in [-0.25, -0.2) is 0 Å². The summed E-state index contributed by atoms with van der Waals surface area (Å²) in [7, 11) is 3.49. The van der Waals surface area contributed by atoms with Crippen molar-refractivity contribution < 1.29 is 14.3 Å². The molecule has 0 heterocycles. The Morgan fingerprint density at radius 1 is 1.08 bits per heavy atom. The van der Waals surface area contributed by atoms with Gasteiger partial charge in [0.15, 0.2) is 5.78 Å². The molecule has 0 atom stereocenters. The monoisotopic (exact) mass is 331 g/mol. The summed E-state index contributed by atoms with van der Waals surface area (Å²) in [5.74, 6) is 1.64. The van der Waals surface area contributed by atoms with Crippen LogP contribution in [0.25, 0.3) is 0 Å². The number of rotatable bonds is 8. The average Bonchev–Trinajstić information content (AvgIpc) is 2.62. The maximum Gasteiger partial charge on any atom is 0.222 e. The third kappa shape index (κ3) is 5.66. The average molecular weight is 331 g/mol. The third-order valence-corrected chi connectivity index (χ3v) is 4.89. The molecular weight excluding hydrogens is 302 g/mol. The Bertz CT molecular complexity index is 532. The van der Waals surface area contributed by atoms with Crippen molar-refractivity contribution in [1.29, 1.82) is 0 Å². The molecule has 0 N–H and O–H groups in total. The highest BCUT2D eigenvalue weighted by molar-refractivity contribution is 5.96. The number of carbonyl (C=O) groups excluding carboxylic acids is 2. The Morgan fingerprint density at radius 2 is 1.75 bits per heavy atom. The van der Waals surface area contributed by atoms with Gasteiger partial charge < -0.3 is 9.64 Å². The molecule has 1 fully saturated rings. The van der Waals surface area contributed by atoms with E-state index in [4.69, 9.17) is 4.74 Å². The van der Waals surface area contributed by atoms with Crippen LogP contribution in [0, 0.1) is 5.92 Å². The second-order valence-electron chi connectivity index (χ2n) is 6.78. The highest BCUT2D eigenvalue weighted by Crippen LogP contribution is 2.24. The van der Waals surface area contributed by atoms with E-state index in [1.54, 1.807) is 31.4 Å². The van der Waals surface area contributed by atoms with Gasteiger partial charge in [-0.3, -0.25) is 9.59 Å². The van der Waals surface area contributed by atoms with Crippen molar-refractivity contribution in [2.75, 3.05) is 20.7 Å². The molecule has 2 rings (SSSR count). The Balaban J connectivity index is 1.69. The van der Waals surface area contributed by atoms with E-state index < -0.39 is 0 Å². The first-order valence-corrected chi connectivity index (χ1v) is 9.01. The summed E-state index contributed by atoms with van der Waals surface area (Å²) in [6, 6.07) is 7.13. The summed E-state index contributed by atoms with van der Waals surface area (Å²) in [6.07, 6.45) is 7.88. The lowest BCUT2D eigenvalue weighted by Crippen LogP contribution is -2.32. The number of methoxy groups -OCH3 is 1. The minimum Gasteiger partial charge on any atom is -0.497 e. The zero-order valence-corrected chi connectivity index (χ0v) is 14.9. The molecule has 1 aromatic rings. The van der Waals surface area contributed by atoms with Crippen LogP contribution >= 0.6 is 0 Å². The quantitative estimate of drug-likeness (QED) is 0.674. The Morgan fingerprint density at radius 3 is 2.38 bits per heavy atom. The van der Waals surface area contributed by atoms with E-state index in [9.17, 15) is 9.59 Å². The van der Waals surface area contributed by atoms with Crippen molar-refractivity contribution in [2.24, 2.45) is 5.92 Å². The number of hydrogen-bond acceptors (Lipinski definition) is 3. The number of amides is 1. The van der Waals surface area contributed by atoms with E-state index in [1.165, 1.54) is 32.1 Å². The van der Waals surface area contributed by atoms with E-state index in [1.807, 2.05) is 11.9 Å². The van der Waals surface area contributed by atoms with Crippen LogP contribution in [-0.2, 0) is 4.79 Å². The highest BCUT2D eigenvalue weighted by Gasteiger charge is 2.18. The molecule has 24 heavy (non-hydrogen) atoms. The van der Waals surface area contributed by atoms with E-state index >= 15 is 0 Å². The standard InChI is InChI=1S/C20H29NO3/c1-21(15-16-7-4-3-5-8-16)20(23)10-6-9-19(22)17-11-13-18(24-2)14-12-17/h11-14,16H,3-10,15H2,1-2H3. The number of carbonyl (C=O) groups is 2. The maximum atomic E-state index is 12.2. The number of benzene rings is 1. The molecule has 1 aliphatic rings. The lowest BCUT2D eigenvalue weighted by atomic mass is 9.89. The van der Waals surface area contributed by atoms with Crippen molar-refractivity contribution in [1.82, 2.24) is 4.90 Å². The normalized spacial score (nSPS) is 15.1. The summed E-state index contributed by atoms with van der Waals surface area (Å²) >= 11 is 0. The second kappa shape index (κ2) is 9.45. The summed E-state index contributed by atoms with van der Waals surface area (Å²) in [5, 5.41) is 0. The molecule has 4 heteroatoms. The lowest BCUT2D eigenvalue weighted by molar-refractivity contribution is -0.130. The van der Waals surface area contributed by atoms with Crippen LogP contribution < -0.4 is 4.74 Å². The molecule has 0 aliphatic heterocycles. The van der Waals surface area contributed by atoms with Crippen LogP contribution in [0.4, 0.5) is 0 Å². The Kier molecular flexibility index (Phi) is 7.29. The number of hydrogen-bond donors (Lipinski definition) is 0. The van der Waals surface area contributed by atoms with Crippen molar-refractivity contribution in [3.05, 3.63) is 29.8 Å². The fraction of sp³-hybridized carbons (Fsp3) is 0.600. The van der Waals surface area contributed by atoms with Crippen molar-refractivity contribution in [3.63, 3.8) is 0 Å². The molecule has 1 aromatic carbocycles. The molecule has 0 aromatic heterocycles. The summed E-state index contributed by atoms with van der Waals surface area (Å²) in [5.41, 5.74) is 0.679. The molecule has 0 spiro atoms. The first kappa shape index (κ1) is 18.5. The fourth-order valence-corrected chi connectivity index (χ4v) is 3.37. The minimum atomic E-state index is 0.0837. The molecule has 1 amide bonds. The molecule has 4 nitrogen and oxygen atoms in total.